The van der Waals surface area contributed by atoms with Crippen LogP contribution in [0.4, 0.5) is 0 Å². The van der Waals surface area contributed by atoms with E-state index in [2.05, 4.69) is 88.1 Å². The topological polar surface area (TPSA) is 565 Å². The fourth-order valence-corrected chi connectivity index (χ4v) is 9.86. The van der Waals surface area contributed by atoms with E-state index >= 15 is 0 Å². The minimum absolute atomic E-state index is 0.00355. The van der Waals surface area contributed by atoms with E-state index in [0.717, 1.165) is 0 Å². The van der Waals surface area contributed by atoms with Gasteiger partial charge in [0.25, 0.3) is 0 Å². The van der Waals surface area contributed by atoms with Gasteiger partial charge < -0.3 is 104 Å². The molecule has 0 aliphatic carbocycles. The van der Waals surface area contributed by atoms with Crippen molar-refractivity contribution in [3.05, 3.63) is 65.7 Å². The van der Waals surface area contributed by atoms with Crippen molar-refractivity contribution in [3.63, 3.8) is 0 Å². The van der Waals surface area contributed by atoms with Crippen LogP contribution in [0.25, 0.3) is 0 Å². The van der Waals surface area contributed by atoms with Gasteiger partial charge in [-0.25, -0.2) is 0 Å². The number of nitrogens with one attached hydrogen (secondary N) is 9. The molecular formula is C57H91N21O12S2. The number of phenolic OH excluding ortho intramolecular Hbond substituents is 1. The summed E-state index contributed by atoms with van der Waals surface area (Å²) in [6.45, 7) is 2.43. The van der Waals surface area contributed by atoms with E-state index in [1.165, 1.54) is 17.0 Å². The number of hydrogen-bond donors (Lipinski definition) is 20. The Morgan fingerprint density at radius 2 is 1.03 bits per heavy atom. The van der Waals surface area contributed by atoms with Crippen molar-refractivity contribution < 1.29 is 57.8 Å². The molecule has 10 atom stereocenters. The van der Waals surface area contributed by atoms with Gasteiger partial charge in [-0.15, -0.1) is 0 Å². The first-order valence-electron chi connectivity index (χ1n) is 29.9. The lowest BCUT2D eigenvalue weighted by Crippen LogP contribution is -2.61. The molecule has 508 valence electrons. The van der Waals surface area contributed by atoms with Crippen LogP contribution in [0, 0.1) is 5.92 Å². The second-order valence-electron chi connectivity index (χ2n) is 21.8. The SMILES string of the molecule is CC[C@H](C)[C@H](NC(=O)[C@H](CCCN=C(N)N)NC(=O)[C@H](CCCN=C(N)N)NC(=O)[C@@H](CS)NC(=O)[C@H](Cc1ccccc1)NC(=O)CNC(=O)CNC(=O)[C@@H](N)Cc1ccc(O)cc1)C(=O)N[C@@H](CCCN=C(N)N)C(=O)N1CCC[C@H]1C(=O)N[C@@H](CS)C(N)=O. The van der Waals surface area contributed by atoms with Crippen molar-refractivity contribution in [1.29, 1.82) is 0 Å². The zero-order valence-electron chi connectivity index (χ0n) is 51.6. The number of nitrogens with zero attached hydrogens (tertiary/aromatic N) is 4. The van der Waals surface area contributed by atoms with E-state index in [1.807, 2.05) is 0 Å². The van der Waals surface area contributed by atoms with Crippen molar-refractivity contribution in [1.82, 2.24) is 52.8 Å². The molecule has 0 bridgehead atoms. The highest BCUT2D eigenvalue weighted by Gasteiger charge is 2.40. The number of carbonyl (C=O) groups is 11. The molecule has 1 fully saturated rings. The second kappa shape index (κ2) is 40.6. The van der Waals surface area contributed by atoms with Crippen LogP contribution in [0.3, 0.4) is 0 Å². The second-order valence-corrected chi connectivity index (χ2v) is 22.5. The summed E-state index contributed by atoms with van der Waals surface area (Å²) < 4.78 is 0. The Balaban J connectivity index is 1.87. The Labute approximate surface area is 544 Å². The van der Waals surface area contributed by atoms with Gasteiger partial charge in [-0.3, -0.25) is 67.7 Å². The highest BCUT2D eigenvalue weighted by molar-refractivity contribution is 7.80. The Hall–Kier alpha value is -9.12. The lowest BCUT2D eigenvalue weighted by atomic mass is 9.96. The Bertz CT molecular complexity index is 2900. The maximum absolute atomic E-state index is 14.6. The maximum Gasteiger partial charge on any atom is 0.245 e. The number of thiol groups is 2. The Morgan fingerprint density at radius 1 is 0.554 bits per heavy atom. The molecule has 0 spiro atoms. The third-order valence-electron chi connectivity index (χ3n) is 14.5. The fourth-order valence-electron chi connectivity index (χ4n) is 9.33. The van der Waals surface area contributed by atoms with Gasteiger partial charge in [-0.05, 0) is 87.0 Å². The van der Waals surface area contributed by atoms with E-state index in [0.29, 0.717) is 24.0 Å². The van der Waals surface area contributed by atoms with Gasteiger partial charge in [0.1, 0.15) is 54.1 Å². The number of carbonyl (C=O) groups excluding carboxylic acids is 11. The number of hydrogen-bond acceptors (Lipinski definition) is 18. The van der Waals surface area contributed by atoms with Crippen molar-refractivity contribution in [2.75, 3.05) is 50.8 Å². The molecule has 0 aromatic heterocycles. The van der Waals surface area contributed by atoms with Gasteiger partial charge in [-0.2, -0.15) is 25.3 Å². The predicted octanol–water partition coefficient (Wildman–Crippen LogP) is -6.33. The summed E-state index contributed by atoms with van der Waals surface area (Å²) in [6.07, 6.45) is 1.05. The molecule has 0 unspecified atom stereocenters. The number of phenols is 1. The van der Waals surface area contributed by atoms with Gasteiger partial charge in [0.15, 0.2) is 17.9 Å². The van der Waals surface area contributed by atoms with Crippen molar-refractivity contribution in [3.8, 4) is 5.75 Å². The predicted molar refractivity (Wildman–Crippen MR) is 350 cm³/mol. The molecule has 33 nitrogen and oxygen atoms in total. The lowest BCUT2D eigenvalue weighted by Gasteiger charge is -2.32. The lowest BCUT2D eigenvalue weighted by molar-refractivity contribution is -0.142. The summed E-state index contributed by atoms with van der Waals surface area (Å²) in [5, 5.41) is 32.8. The summed E-state index contributed by atoms with van der Waals surface area (Å²) in [7, 11) is 0. The molecule has 11 amide bonds. The van der Waals surface area contributed by atoms with Crippen LogP contribution in [0.2, 0.25) is 0 Å². The van der Waals surface area contributed by atoms with Gasteiger partial charge >= 0.3 is 0 Å². The highest BCUT2D eigenvalue weighted by Crippen LogP contribution is 2.21. The van der Waals surface area contributed by atoms with Crippen molar-refractivity contribution in [2.24, 2.45) is 66.8 Å². The monoisotopic (exact) mass is 1330 g/mol. The first kappa shape index (κ1) is 77.1. The van der Waals surface area contributed by atoms with Gasteiger partial charge in [-0.1, -0.05) is 62.7 Å². The average molecular weight is 1330 g/mol. The van der Waals surface area contributed by atoms with Crippen LogP contribution in [-0.2, 0) is 65.6 Å². The standard InChI is InChI=1S/C57H91N21O12S2/c1-3-31(2)45(53(89)74-38(15-9-23-68-57(64)65)54(90)78-24-10-16-42(78)52(88)75-40(29-91)46(59)82)77-49(85)37(14-8-22-67-56(62)63)72-48(84)36(13-7-21-66-55(60)61)73-51(87)41(30-92)76-50(86)39(26-32-11-5-4-6-12-32)71-44(81)28-69-43(80)27-70-47(83)35(58)25-33-17-19-34(79)20-18-33/h4-6,11-12,17-20,31,35-42,45,79,91-92H,3,7-10,13-16,21-30,58H2,1-2H3,(H2,59,82)(H,69,80)(H,70,83)(H,71,81)(H,72,84)(H,73,87)(H,74,89)(H,75,88)(H,76,86)(H,77,85)(H4,60,61,66)(H4,62,63,67)(H4,64,65,68)/t31-,35-,36-,37-,38-,39-,40-,41+,42-,45-/m0/s1. The summed E-state index contributed by atoms with van der Waals surface area (Å²) in [5.74, 6) is -10.4. The number of primary amides is 1. The smallest absolute Gasteiger partial charge is 0.245 e. The number of guanidine groups is 3. The van der Waals surface area contributed by atoms with E-state index < -0.39 is 138 Å². The molecule has 26 N–H and O–H groups in total. The van der Waals surface area contributed by atoms with Crippen LogP contribution in [0.5, 0.6) is 5.75 Å². The Morgan fingerprint density at radius 3 is 1.55 bits per heavy atom. The molecule has 3 rings (SSSR count). The Kier molecular flexibility index (Phi) is 34.0. The minimum atomic E-state index is -1.46. The molecule has 1 aliphatic rings. The normalized spacial score (nSPS) is 15.4. The van der Waals surface area contributed by atoms with Crippen molar-refractivity contribution in [2.45, 2.75) is 139 Å². The molecule has 1 heterocycles. The molecule has 92 heavy (non-hydrogen) atoms. The number of benzene rings is 2. The fraction of sp³-hybridized carbons (Fsp3) is 0.544. The number of amides is 11. The minimum Gasteiger partial charge on any atom is -0.508 e. The van der Waals surface area contributed by atoms with E-state index in [1.54, 1.807) is 56.3 Å². The van der Waals surface area contributed by atoms with Gasteiger partial charge in [0, 0.05) is 44.1 Å². The summed E-state index contributed by atoms with van der Waals surface area (Å²) in [4.78, 5) is 164. The van der Waals surface area contributed by atoms with E-state index in [-0.39, 0.29) is 119 Å². The number of nitrogens with two attached hydrogens (primary N) is 8. The number of aliphatic imine (C=N–C) groups is 3. The zero-order valence-corrected chi connectivity index (χ0v) is 53.4. The van der Waals surface area contributed by atoms with Crippen molar-refractivity contribution >= 4 is 108 Å². The largest absolute Gasteiger partial charge is 0.508 e. The highest BCUT2D eigenvalue weighted by atomic mass is 32.1. The van der Waals surface area contributed by atoms with Crippen LogP contribution >= 0.6 is 25.3 Å². The third-order valence-corrected chi connectivity index (χ3v) is 15.3. The molecule has 1 aliphatic heterocycles. The van der Waals surface area contributed by atoms with Gasteiger partial charge in [0.2, 0.25) is 65.0 Å². The summed E-state index contributed by atoms with van der Waals surface area (Å²) in [5.41, 5.74) is 46.1. The molecule has 35 heteroatoms. The number of likely N-dealkylation sites (tertiary alicyclic amines) is 1. The van der Waals surface area contributed by atoms with E-state index in [4.69, 9.17) is 45.9 Å². The molecule has 1 saturated heterocycles. The molecule has 2 aromatic rings. The number of aromatic hydroxyl groups is 1. The quantitative estimate of drug-likeness (QED) is 0.0128. The first-order chi connectivity index (χ1) is 43.7. The third kappa shape index (κ3) is 28.0. The molecule has 0 radical (unpaired) electrons. The van der Waals surface area contributed by atoms with Crippen LogP contribution in [0.15, 0.2) is 69.6 Å². The zero-order chi connectivity index (χ0) is 68.5. The average Bonchev–Trinajstić information content (AvgIpc) is 1.65. The molecular weight excluding hydrogens is 1230 g/mol. The van der Waals surface area contributed by atoms with Crippen LogP contribution in [0.1, 0.15) is 82.8 Å². The first-order valence-corrected chi connectivity index (χ1v) is 31.2. The molecule has 0 saturated carbocycles. The molecule has 2 aromatic carbocycles. The summed E-state index contributed by atoms with van der Waals surface area (Å²) in [6, 6.07) is 3.04. The maximum atomic E-state index is 14.6. The van der Waals surface area contributed by atoms with Crippen LogP contribution < -0.4 is 93.7 Å². The van der Waals surface area contributed by atoms with Gasteiger partial charge in [0.05, 0.1) is 19.1 Å². The van der Waals surface area contributed by atoms with E-state index in [9.17, 15) is 57.8 Å². The summed E-state index contributed by atoms with van der Waals surface area (Å²) >= 11 is 8.42. The van der Waals surface area contributed by atoms with Crippen LogP contribution in [-0.4, -0.2) is 198 Å². The number of rotatable bonds is 40.